The molecule has 1 aromatic heterocycles. The first-order valence-corrected chi connectivity index (χ1v) is 7.35. The molecule has 1 saturated carbocycles. The molecule has 0 amide bonds. The summed E-state index contributed by atoms with van der Waals surface area (Å²) in [6.07, 6.45) is 1.86. The van der Waals surface area contributed by atoms with Crippen LogP contribution in [0.5, 0.6) is 0 Å². The van der Waals surface area contributed by atoms with Crippen molar-refractivity contribution in [3.05, 3.63) is 15.9 Å². The monoisotopic (exact) mass is 295 g/mol. The molecule has 0 unspecified atom stereocenters. The molecular formula is C8H10BrNO2S2. The fourth-order valence-corrected chi connectivity index (χ4v) is 4.42. The summed E-state index contributed by atoms with van der Waals surface area (Å²) in [4.78, 5) is 0. The van der Waals surface area contributed by atoms with Crippen LogP contribution in [0.2, 0.25) is 0 Å². The number of hydrogen-bond donors (Lipinski definition) is 1. The summed E-state index contributed by atoms with van der Waals surface area (Å²) in [6.45, 7) is 1.92. The minimum Gasteiger partial charge on any atom is -0.206 e. The molecule has 0 bridgehead atoms. The molecule has 0 atom stereocenters. The van der Waals surface area contributed by atoms with Crippen molar-refractivity contribution in [3.63, 3.8) is 0 Å². The van der Waals surface area contributed by atoms with Gasteiger partial charge in [-0.1, -0.05) is 0 Å². The molecule has 14 heavy (non-hydrogen) atoms. The van der Waals surface area contributed by atoms with E-state index >= 15 is 0 Å². The second kappa shape index (κ2) is 3.30. The topological polar surface area (TPSA) is 46.2 Å². The lowest BCUT2D eigenvalue weighted by Gasteiger charge is -2.09. The molecule has 1 aliphatic carbocycles. The zero-order valence-electron chi connectivity index (χ0n) is 7.58. The number of nitrogens with one attached hydrogen (secondary N) is 1. The summed E-state index contributed by atoms with van der Waals surface area (Å²) in [6, 6.07) is 1.62. The van der Waals surface area contributed by atoms with Crippen LogP contribution in [0, 0.1) is 0 Å². The highest BCUT2D eigenvalue weighted by Gasteiger charge is 2.41. The standard InChI is InChI=1S/C8H10BrNO2S2/c1-8(2-3-8)10-14(11,12)7-4-6(9)5-13-7/h4-5,10H,2-3H2,1H3. The predicted octanol–water partition coefficient (Wildman–Crippen LogP) is 2.34. The average Bonchev–Trinajstić information content (AvgIpc) is 2.61. The molecule has 3 nitrogen and oxygen atoms in total. The second-order valence-corrected chi connectivity index (χ2v) is 7.49. The van der Waals surface area contributed by atoms with Crippen LogP contribution in [-0.2, 0) is 10.0 Å². The van der Waals surface area contributed by atoms with Gasteiger partial charge in [-0.3, -0.25) is 0 Å². The number of thiophene rings is 1. The smallest absolute Gasteiger partial charge is 0.206 e. The largest absolute Gasteiger partial charge is 0.250 e. The van der Waals surface area contributed by atoms with E-state index in [0.29, 0.717) is 4.21 Å². The van der Waals surface area contributed by atoms with Gasteiger partial charge in [0, 0.05) is 15.4 Å². The van der Waals surface area contributed by atoms with Crippen molar-refractivity contribution in [2.24, 2.45) is 0 Å². The highest BCUT2D eigenvalue weighted by atomic mass is 79.9. The van der Waals surface area contributed by atoms with Gasteiger partial charge in [0.05, 0.1) is 0 Å². The zero-order chi connectivity index (χ0) is 10.4. The Bertz CT molecular complexity index is 448. The van der Waals surface area contributed by atoms with Gasteiger partial charge in [0.15, 0.2) is 0 Å². The summed E-state index contributed by atoms with van der Waals surface area (Å²) in [7, 11) is -3.30. The summed E-state index contributed by atoms with van der Waals surface area (Å²) in [5.41, 5.74) is -0.199. The molecule has 0 saturated heterocycles. The van der Waals surface area contributed by atoms with Crippen LogP contribution in [0.15, 0.2) is 20.1 Å². The maximum atomic E-state index is 11.8. The van der Waals surface area contributed by atoms with E-state index < -0.39 is 10.0 Å². The van der Waals surface area contributed by atoms with Crippen LogP contribution < -0.4 is 4.72 Å². The zero-order valence-corrected chi connectivity index (χ0v) is 10.8. The van der Waals surface area contributed by atoms with E-state index in [1.165, 1.54) is 11.3 Å². The third kappa shape index (κ3) is 2.18. The van der Waals surface area contributed by atoms with Gasteiger partial charge < -0.3 is 0 Å². The van der Waals surface area contributed by atoms with Crippen LogP contribution in [-0.4, -0.2) is 14.0 Å². The molecule has 1 N–H and O–H groups in total. The maximum absolute atomic E-state index is 11.8. The number of hydrogen-bond acceptors (Lipinski definition) is 3. The lowest BCUT2D eigenvalue weighted by molar-refractivity contribution is 0.560. The van der Waals surface area contributed by atoms with Gasteiger partial charge in [-0.05, 0) is 41.8 Å². The Hall–Kier alpha value is 0.0900. The van der Waals surface area contributed by atoms with E-state index in [4.69, 9.17) is 0 Å². The Balaban J connectivity index is 2.24. The minimum absolute atomic E-state index is 0.199. The highest BCUT2D eigenvalue weighted by Crippen LogP contribution is 2.36. The molecule has 1 aliphatic rings. The number of halogens is 1. The maximum Gasteiger partial charge on any atom is 0.250 e. The van der Waals surface area contributed by atoms with Crippen molar-refractivity contribution in [2.45, 2.75) is 29.5 Å². The Labute approximate surface area is 95.7 Å². The molecule has 0 aliphatic heterocycles. The van der Waals surface area contributed by atoms with Gasteiger partial charge in [-0.2, -0.15) is 0 Å². The minimum atomic E-state index is -3.30. The van der Waals surface area contributed by atoms with Gasteiger partial charge in [0.25, 0.3) is 10.0 Å². The molecule has 6 heteroatoms. The van der Waals surface area contributed by atoms with Crippen LogP contribution in [0.1, 0.15) is 19.8 Å². The summed E-state index contributed by atoms with van der Waals surface area (Å²) in [5.74, 6) is 0. The van der Waals surface area contributed by atoms with Gasteiger partial charge in [-0.25, -0.2) is 13.1 Å². The third-order valence-electron chi connectivity index (χ3n) is 2.19. The predicted molar refractivity (Wildman–Crippen MR) is 60.0 cm³/mol. The van der Waals surface area contributed by atoms with Crippen molar-refractivity contribution < 1.29 is 8.42 Å². The normalized spacial score (nSPS) is 19.6. The van der Waals surface area contributed by atoms with E-state index in [1.54, 1.807) is 11.4 Å². The molecule has 2 rings (SSSR count). The van der Waals surface area contributed by atoms with E-state index in [9.17, 15) is 8.42 Å². The second-order valence-electron chi connectivity index (χ2n) is 3.75. The van der Waals surface area contributed by atoms with Crippen LogP contribution in [0.4, 0.5) is 0 Å². The fraction of sp³-hybridized carbons (Fsp3) is 0.500. The lowest BCUT2D eigenvalue weighted by atomic mass is 10.4. The Morgan fingerprint density at radius 3 is 2.64 bits per heavy atom. The van der Waals surface area contributed by atoms with Gasteiger partial charge in [-0.15, -0.1) is 11.3 Å². The molecule has 0 spiro atoms. The Kier molecular flexibility index (Phi) is 2.50. The molecular weight excluding hydrogens is 286 g/mol. The lowest BCUT2D eigenvalue weighted by Crippen LogP contribution is -2.33. The highest BCUT2D eigenvalue weighted by molar-refractivity contribution is 9.10. The van der Waals surface area contributed by atoms with Crippen molar-refractivity contribution in [1.82, 2.24) is 4.72 Å². The first kappa shape index (κ1) is 10.6. The quantitative estimate of drug-likeness (QED) is 0.930. The van der Waals surface area contributed by atoms with Crippen LogP contribution in [0.3, 0.4) is 0 Å². The summed E-state index contributed by atoms with van der Waals surface area (Å²) in [5, 5.41) is 1.77. The molecule has 1 fully saturated rings. The number of sulfonamides is 1. The van der Waals surface area contributed by atoms with E-state index in [1.807, 2.05) is 6.92 Å². The van der Waals surface area contributed by atoms with Gasteiger partial charge in [0.2, 0.25) is 0 Å². The number of rotatable bonds is 3. The van der Waals surface area contributed by atoms with Crippen molar-refractivity contribution in [1.29, 1.82) is 0 Å². The average molecular weight is 296 g/mol. The van der Waals surface area contributed by atoms with E-state index in [-0.39, 0.29) is 5.54 Å². The van der Waals surface area contributed by atoms with Gasteiger partial charge in [0.1, 0.15) is 4.21 Å². The SMILES string of the molecule is CC1(NS(=O)(=O)c2cc(Br)cs2)CC1. The molecule has 0 radical (unpaired) electrons. The van der Waals surface area contributed by atoms with E-state index in [0.717, 1.165) is 17.3 Å². The molecule has 78 valence electrons. The van der Waals surface area contributed by atoms with Crippen LogP contribution in [0.25, 0.3) is 0 Å². The third-order valence-corrected chi connectivity index (χ3v) is 6.03. The first-order valence-electron chi connectivity index (χ1n) is 4.19. The summed E-state index contributed by atoms with van der Waals surface area (Å²) >= 11 is 4.47. The summed E-state index contributed by atoms with van der Waals surface area (Å²) < 4.78 is 27.4. The Morgan fingerprint density at radius 2 is 2.21 bits per heavy atom. The Morgan fingerprint density at radius 1 is 1.57 bits per heavy atom. The molecule has 1 aromatic rings. The van der Waals surface area contributed by atoms with Crippen LogP contribution >= 0.6 is 27.3 Å². The van der Waals surface area contributed by atoms with Crippen molar-refractivity contribution >= 4 is 37.3 Å². The molecule has 0 aromatic carbocycles. The van der Waals surface area contributed by atoms with Crippen molar-refractivity contribution in [3.8, 4) is 0 Å². The van der Waals surface area contributed by atoms with Crippen molar-refractivity contribution in [2.75, 3.05) is 0 Å². The van der Waals surface area contributed by atoms with E-state index in [2.05, 4.69) is 20.7 Å². The molecule has 1 heterocycles. The first-order chi connectivity index (χ1) is 6.41. The van der Waals surface area contributed by atoms with Gasteiger partial charge >= 0.3 is 0 Å². The fourth-order valence-electron chi connectivity index (χ4n) is 1.10.